The van der Waals surface area contributed by atoms with Crippen LogP contribution in [0.4, 0.5) is 11.4 Å². The fraction of sp³-hybridized carbons (Fsp3) is 0.500. The van der Waals surface area contributed by atoms with Crippen molar-refractivity contribution in [2.75, 3.05) is 32.9 Å². The molecule has 1 saturated heterocycles. The van der Waals surface area contributed by atoms with Crippen LogP contribution in [-0.4, -0.2) is 53.9 Å². The van der Waals surface area contributed by atoms with Crippen LogP contribution in [0.2, 0.25) is 0 Å². The van der Waals surface area contributed by atoms with Crippen molar-refractivity contribution < 1.29 is 9.72 Å². The minimum Gasteiger partial charge on any atom is -0.393 e. The number of anilines is 1. The van der Waals surface area contributed by atoms with Gasteiger partial charge in [0.2, 0.25) is 0 Å². The summed E-state index contributed by atoms with van der Waals surface area (Å²) in [4.78, 5) is 26.7. The molecule has 0 aromatic heterocycles. The molecular weight excluding hydrogens is 272 g/mol. The number of hydrogen-bond acceptors (Lipinski definition) is 5. The first kappa shape index (κ1) is 15.2. The Labute approximate surface area is 123 Å². The molecule has 1 aliphatic heterocycles. The van der Waals surface area contributed by atoms with Crippen molar-refractivity contribution in [1.82, 2.24) is 9.80 Å². The van der Waals surface area contributed by atoms with Gasteiger partial charge in [-0.05, 0) is 39.1 Å². The average molecular weight is 292 g/mol. The quantitative estimate of drug-likeness (QED) is 0.513. The third kappa shape index (κ3) is 3.30. The number of nitrogens with two attached hydrogens (primary N) is 1. The number of likely N-dealkylation sites (N-methyl/N-ethyl adjacent to an activating group) is 1. The number of carbonyl (C=O) groups excluding carboxylic acids is 1. The standard InChI is InChI=1S/C14H20N4O3/c1-16(2)9-11-4-3-7-17(11)14(19)10-5-6-13(18(20)21)12(15)8-10/h5-6,8,11H,3-4,7,9,15H2,1-2H3. The van der Waals surface area contributed by atoms with Gasteiger partial charge in [0.05, 0.1) is 4.92 Å². The zero-order chi connectivity index (χ0) is 15.6. The average Bonchev–Trinajstić information content (AvgIpc) is 2.84. The molecule has 0 radical (unpaired) electrons. The molecule has 7 nitrogen and oxygen atoms in total. The van der Waals surface area contributed by atoms with Gasteiger partial charge < -0.3 is 15.5 Å². The van der Waals surface area contributed by atoms with Gasteiger partial charge >= 0.3 is 0 Å². The minimum absolute atomic E-state index is 0.0224. The van der Waals surface area contributed by atoms with Crippen LogP contribution in [0.25, 0.3) is 0 Å². The second-order valence-electron chi connectivity index (χ2n) is 5.59. The summed E-state index contributed by atoms with van der Waals surface area (Å²) < 4.78 is 0. The van der Waals surface area contributed by atoms with E-state index in [1.165, 1.54) is 18.2 Å². The van der Waals surface area contributed by atoms with Gasteiger partial charge in [0.25, 0.3) is 11.6 Å². The number of nitrogen functional groups attached to an aromatic ring is 1. The zero-order valence-corrected chi connectivity index (χ0v) is 12.3. The predicted molar refractivity (Wildman–Crippen MR) is 80.1 cm³/mol. The van der Waals surface area contributed by atoms with Gasteiger partial charge in [0, 0.05) is 30.8 Å². The molecule has 0 saturated carbocycles. The van der Waals surface area contributed by atoms with Gasteiger partial charge in [-0.2, -0.15) is 0 Å². The van der Waals surface area contributed by atoms with Crippen LogP contribution in [0, 0.1) is 10.1 Å². The molecule has 1 aromatic carbocycles. The van der Waals surface area contributed by atoms with E-state index in [4.69, 9.17) is 5.73 Å². The third-order valence-corrected chi connectivity index (χ3v) is 3.69. The molecule has 1 heterocycles. The largest absolute Gasteiger partial charge is 0.393 e. The van der Waals surface area contributed by atoms with E-state index >= 15 is 0 Å². The highest BCUT2D eigenvalue weighted by Gasteiger charge is 2.30. The Bertz CT molecular complexity index is 559. The SMILES string of the molecule is CN(C)CC1CCCN1C(=O)c1ccc([N+](=O)[O-])c(N)c1. The van der Waals surface area contributed by atoms with Gasteiger partial charge in [-0.15, -0.1) is 0 Å². The van der Waals surface area contributed by atoms with Gasteiger partial charge in [0.1, 0.15) is 5.69 Å². The van der Waals surface area contributed by atoms with Crippen LogP contribution < -0.4 is 5.73 Å². The van der Waals surface area contributed by atoms with E-state index < -0.39 is 4.92 Å². The predicted octanol–water partition coefficient (Wildman–Crippen LogP) is 1.34. The lowest BCUT2D eigenvalue weighted by atomic mass is 10.1. The van der Waals surface area contributed by atoms with E-state index in [1.807, 2.05) is 19.0 Å². The summed E-state index contributed by atoms with van der Waals surface area (Å²) in [5.74, 6) is -0.110. The third-order valence-electron chi connectivity index (χ3n) is 3.69. The highest BCUT2D eigenvalue weighted by atomic mass is 16.6. The number of nitro groups is 1. The Morgan fingerprint density at radius 2 is 2.24 bits per heavy atom. The van der Waals surface area contributed by atoms with Crippen molar-refractivity contribution in [3.05, 3.63) is 33.9 Å². The van der Waals surface area contributed by atoms with Crippen molar-refractivity contribution in [2.24, 2.45) is 0 Å². The van der Waals surface area contributed by atoms with E-state index in [0.29, 0.717) is 12.1 Å². The summed E-state index contributed by atoms with van der Waals surface area (Å²) in [6, 6.07) is 4.34. The van der Waals surface area contributed by atoms with Crippen molar-refractivity contribution in [3.63, 3.8) is 0 Å². The molecule has 2 rings (SSSR count). The first-order valence-corrected chi connectivity index (χ1v) is 6.89. The second kappa shape index (κ2) is 6.09. The minimum atomic E-state index is -0.547. The van der Waals surface area contributed by atoms with Crippen molar-refractivity contribution in [3.8, 4) is 0 Å². The molecule has 0 aliphatic carbocycles. The molecule has 2 N–H and O–H groups in total. The van der Waals surface area contributed by atoms with Crippen molar-refractivity contribution in [1.29, 1.82) is 0 Å². The number of likely N-dealkylation sites (tertiary alicyclic amines) is 1. The van der Waals surface area contributed by atoms with Gasteiger partial charge in [-0.3, -0.25) is 14.9 Å². The maximum absolute atomic E-state index is 12.6. The van der Waals surface area contributed by atoms with Crippen LogP contribution in [0.5, 0.6) is 0 Å². The summed E-state index contributed by atoms with van der Waals surface area (Å²) in [5, 5.41) is 10.8. The summed E-state index contributed by atoms with van der Waals surface area (Å²) in [6.07, 6.45) is 1.96. The molecule has 1 fully saturated rings. The van der Waals surface area contributed by atoms with Crippen LogP contribution in [0.15, 0.2) is 18.2 Å². The molecule has 0 spiro atoms. The van der Waals surface area contributed by atoms with Crippen molar-refractivity contribution >= 4 is 17.3 Å². The molecule has 1 unspecified atom stereocenters. The number of rotatable bonds is 4. The first-order valence-electron chi connectivity index (χ1n) is 6.89. The van der Waals surface area contributed by atoms with Crippen LogP contribution in [-0.2, 0) is 0 Å². The van der Waals surface area contributed by atoms with Gasteiger partial charge in [-0.1, -0.05) is 0 Å². The highest BCUT2D eigenvalue weighted by molar-refractivity contribution is 5.96. The number of nitro benzene ring substituents is 1. The number of nitrogens with zero attached hydrogens (tertiary/aromatic N) is 3. The molecule has 1 aromatic rings. The fourth-order valence-corrected chi connectivity index (χ4v) is 2.73. The smallest absolute Gasteiger partial charge is 0.292 e. The Hall–Kier alpha value is -2.15. The normalized spacial score (nSPS) is 18.2. The Morgan fingerprint density at radius 1 is 1.52 bits per heavy atom. The van der Waals surface area contributed by atoms with E-state index in [1.54, 1.807) is 0 Å². The Balaban J connectivity index is 2.19. The lowest BCUT2D eigenvalue weighted by Crippen LogP contribution is -2.41. The van der Waals surface area contributed by atoms with Gasteiger partial charge in [0.15, 0.2) is 0 Å². The summed E-state index contributed by atoms with van der Waals surface area (Å²) in [5.41, 5.74) is 5.91. The van der Waals surface area contributed by atoms with Crippen molar-refractivity contribution in [2.45, 2.75) is 18.9 Å². The molecular formula is C14H20N4O3. The molecule has 114 valence electrons. The topological polar surface area (TPSA) is 92.7 Å². The molecule has 21 heavy (non-hydrogen) atoms. The maximum Gasteiger partial charge on any atom is 0.292 e. The summed E-state index contributed by atoms with van der Waals surface area (Å²) >= 11 is 0. The van der Waals surface area contributed by atoms with Crippen LogP contribution in [0.1, 0.15) is 23.2 Å². The van der Waals surface area contributed by atoms with E-state index in [2.05, 4.69) is 4.90 Å². The first-order chi connectivity index (χ1) is 9.90. The van der Waals surface area contributed by atoms with E-state index in [-0.39, 0.29) is 23.3 Å². The Kier molecular flexibility index (Phi) is 4.42. The lowest BCUT2D eigenvalue weighted by Gasteiger charge is -2.27. The molecule has 1 atom stereocenters. The van der Waals surface area contributed by atoms with E-state index in [9.17, 15) is 14.9 Å². The number of carbonyl (C=O) groups is 1. The zero-order valence-electron chi connectivity index (χ0n) is 12.3. The van der Waals surface area contributed by atoms with E-state index in [0.717, 1.165) is 19.4 Å². The summed E-state index contributed by atoms with van der Waals surface area (Å²) in [7, 11) is 3.95. The molecule has 1 aliphatic rings. The van der Waals surface area contributed by atoms with Gasteiger partial charge in [-0.25, -0.2) is 0 Å². The number of benzene rings is 1. The van der Waals surface area contributed by atoms with Crippen LogP contribution >= 0.6 is 0 Å². The summed E-state index contributed by atoms with van der Waals surface area (Å²) in [6.45, 7) is 1.53. The number of hydrogen-bond donors (Lipinski definition) is 1. The highest BCUT2D eigenvalue weighted by Crippen LogP contribution is 2.25. The lowest BCUT2D eigenvalue weighted by molar-refractivity contribution is -0.383. The van der Waals surface area contributed by atoms with Crippen LogP contribution in [0.3, 0.4) is 0 Å². The number of amides is 1. The molecule has 0 bridgehead atoms. The monoisotopic (exact) mass is 292 g/mol. The Morgan fingerprint density at radius 3 is 2.81 bits per heavy atom. The molecule has 7 heteroatoms. The molecule has 1 amide bonds. The fourth-order valence-electron chi connectivity index (χ4n) is 2.73. The second-order valence-corrected chi connectivity index (χ2v) is 5.59. The maximum atomic E-state index is 12.6.